The molecule has 1 fully saturated rings. The first-order valence-corrected chi connectivity index (χ1v) is 6.91. The second-order valence-electron chi connectivity index (χ2n) is 6.65. The van der Waals surface area contributed by atoms with E-state index in [1.54, 1.807) is 0 Å². The Morgan fingerprint density at radius 1 is 1.41 bits per heavy atom. The maximum atomic E-state index is 10.5. The number of hydrogen-bond acceptors (Lipinski definition) is 2. The minimum absolute atomic E-state index is 0.224. The molecule has 2 N–H and O–H groups in total. The molecule has 2 aliphatic carbocycles. The highest BCUT2D eigenvalue weighted by Gasteiger charge is 2.47. The van der Waals surface area contributed by atoms with Crippen LogP contribution >= 0.6 is 0 Å². The van der Waals surface area contributed by atoms with Gasteiger partial charge in [-0.1, -0.05) is 19.9 Å². The molecular weight excluding hydrogens is 212 g/mol. The Balaban J connectivity index is 2.32. The van der Waals surface area contributed by atoms with Gasteiger partial charge >= 0.3 is 0 Å². The summed E-state index contributed by atoms with van der Waals surface area (Å²) in [5, 5.41) is 20.5. The van der Waals surface area contributed by atoms with Crippen molar-refractivity contribution in [2.24, 2.45) is 23.7 Å². The van der Waals surface area contributed by atoms with Crippen molar-refractivity contribution in [3.8, 4) is 0 Å². The molecule has 0 spiro atoms. The molecule has 0 aromatic carbocycles. The maximum absolute atomic E-state index is 10.5. The van der Waals surface area contributed by atoms with Crippen molar-refractivity contribution in [1.29, 1.82) is 0 Å². The van der Waals surface area contributed by atoms with Crippen LogP contribution in [0.5, 0.6) is 0 Å². The van der Waals surface area contributed by atoms with Gasteiger partial charge in [0.1, 0.15) is 0 Å². The van der Waals surface area contributed by atoms with Gasteiger partial charge in [-0.05, 0) is 62.4 Å². The summed E-state index contributed by atoms with van der Waals surface area (Å²) < 4.78 is 0. The molecule has 2 nitrogen and oxygen atoms in total. The summed E-state index contributed by atoms with van der Waals surface area (Å²) in [5.74, 6) is 1.98. The van der Waals surface area contributed by atoms with E-state index in [9.17, 15) is 10.2 Å². The topological polar surface area (TPSA) is 40.5 Å². The summed E-state index contributed by atoms with van der Waals surface area (Å²) in [6, 6.07) is 0. The number of rotatable bonds is 1. The van der Waals surface area contributed by atoms with Gasteiger partial charge < -0.3 is 10.2 Å². The van der Waals surface area contributed by atoms with Crippen LogP contribution in [-0.2, 0) is 0 Å². The zero-order valence-corrected chi connectivity index (χ0v) is 11.5. The molecule has 0 radical (unpaired) electrons. The molecule has 5 atom stereocenters. The van der Waals surface area contributed by atoms with E-state index in [-0.39, 0.29) is 12.0 Å². The molecule has 0 bridgehead atoms. The van der Waals surface area contributed by atoms with Crippen LogP contribution in [0.3, 0.4) is 0 Å². The average Bonchev–Trinajstić information content (AvgIpc) is 2.20. The fourth-order valence-corrected chi connectivity index (χ4v) is 3.82. The Hall–Kier alpha value is -0.340. The van der Waals surface area contributed by atoms with Crippen LogP contribution in [0.1, 0.15) is 47.0 Å². The van der Waals surface area contributed by atoms with Crippen molar-refractivity contribution in [2.45, 2.75) is 58.7 Å². The molecule has 0 aromatic heterocycles. The summed E-state index contributed by atoms with van der Waals surface area (Å²) in [7, 11) is 0. The van der Waals surface area contributed by atoms with Crippen LogP contribution in [0, 0.1) is 23.7 Å². The van der Waals surface area contributed by atoms with Crippen molar-refractivity contribution < 1.29 is 10.2 Å². The van der Waals surface area contributed by atoms with Gasteiger partial charge in [-0.3, -0.25) is 0 Å². The number of allylic oxidation sites excluding steroid dienone is 1. The van der Waals surface area contributed by atoms with E-state index in [4.69, 9.17) is 0 Å². The molecule has 0 saturated heterocycles. The first kappa shape index (κ1) is 13.1. The quantitative estimate of drug-likeness (QED) is 0.690. The fourth-order valence-electron chi connectivity index (χ4n) is 3.82. The third kappa shape index (κ3) is 2.30. The number of aliphatic hydroxyl groups excluding tert-OH is 1. The third-order valence-electron chi connectivity index (χ3n) is 5.06. The Kier molecular flexibility index (Phi) is 3.39. The van der Waals surface area contributed by atoms with Crippen molar-refractivity contribution in [2.75, 3.05) is 0 Å². The van der Waals surface area contributed by atoms with E-state index >= 15 is 0 Å². The highest BCUT2D eigenvalue weighted by atomic mass is 16.3. The Labute approximate surface area is 105 Å². The van der Waals surface area contributed by atoms with Gasteiger partial charge in [0.2, 0.25) is 0 Å². The van der Waals surface area contributed by atoms with Crippen LogP contribution in [0.25, 0.3) is 0 Å². The minimum Gasteiger partial charge on any atom is -0.390 e. The van der Waals surface area contributed by atoms with Gasteiger partial charge in [-0.15, -0.1) is 0 Å². The van der Waals surface area contributed by atoms with Crippen molar-refractivity contribution in [1.82, 2.24) is 0 Å². The standard InChI is InChI=1S/C15H26O2/c1-9(2)11-5-6-15(4,17)13-8-14(16)10(3)7-12(11)13/h7,9,11-14,16-17H,5-6,8H2,1-4H3/t11-,12-,13+,14+,15+/m0/s1. The molecular formula is C15H26O2. The van der Waals surface area contributed by atoms with Gasteiger partial charge in [-0.2, -0.15) is 0 Å². The number of hydrogen-bond donors (Lipinski definition) is 2. The molecule has 0 amide bonds. The van der Waals surface area contributed by atoms with Crippen LogP contribution in [-0.4, -0.2) is 21.9 Å². The van der Waals surface area contributed by atoms with Gasteiger partial charge in [0.05, 0.1) is 11.7 Å². The second-order valence-corrected chi connectivity index (χ2v) is 6.65. The molecule has 0 aromatic rings. The summed E-state index contributed by atoms with van der Waals surface area (Å²) >= 11 is 0. The molecule has 2 heteroatoms. The van der Waals surface area contributed by atoms with Gasteiger partial charge in [0.25, 0.3) is 0 Å². The van der Waals surface area contributed by atoms with Crippen LogP contribution in [0.15, 0.2) is 11.6 Å². The normalized spacial score (nSPS) is 46.6. The predicted molar refractivity (Wildman–Crippen MR) is 69.5 cm³/mol. The monoisotopic (exact) mass is 238 g/mol. The van der Waals surface area contributed by atoms with E-state index < -0.39 is 5.60 Å². The minimum atomic E-state index is -0.603. The summed E-state index contributed by atoms with van der Waals surface area (Å²) in [4.78, 5) is 0. The Bertz CT molecular complexity index is 317. The fraction of sp³-hybridized carbons (Fsp3) is 0.867. The molecule has 0 unspecified atom stereocenters. The summed E-state index contributed by atoms with van der Waals surface area (Å²) in [6.07, 6.45) is 4.58. The Morgan fingerprint density at radius 3 is 2.65 bits per heavy atom. The Morgan fingerprint density at radius 2 is 2.06 bits per heavy atom. The van der Waals surface area contributed by atoms with Gasteiger partial charge in [0, 0.05) is 0 Å². The van der Waals surface area contributed by atoms with Gasteiger partial charge in [0.15, 0.2) is 0 Å². The van der Waals surface area contributed by atoms with E-state index in [1.807, 2.05) is 13.8 Å². The van der Waals surface area contributed by atoms with Crippen molar-refractivity contribution in [3.63, 3.8) is 0 Å². The number of aliphatic hydroxyl groups is 2. The predicted octanol–water partition coefficient (Wildman–Crippen LogP) is 2.75. The SMILES string of the molecule is CC1=C[C@@H]2[C@@H](C[C@H]1O)[C@](C)(O)CC[C@H]2C(C)C. The van der Waals surface area contributed by atoms with Crippen LogP contribution < -0.4 is 0 Å². The maximum Gasteiger partial charge on any atom is 0.0751 e. The lowest BCUT2D eigenvalue weighted by Crippen LogP contribution is -2.50. The van der Waals surface area contributed by atoms with Crippen LogP contribution in [0.4, 0.5) is 0 Å². The molecule has 98 valence electrons. The molecule has 2 aliphatic rings. The molecule has 17 heavy (non-hydrogen) atoms. The van der Waals surface area contributed by atoms with E-state index in [0.29, 0.717) is 17.8 Å². The highest BCUT2D eigenvalue weighted by Crippen LogP contribution is 2.49. The van der Waals surface area contributed by atoms with E-state index in [2.05, 4.69) is 19.9 Å². The second kappa shape index (κ2) is 4.40. The van der Waals surface area contributed by atoms with Crippen LogP contribution in [0.2, 0.25) is 0 Å². The lowest BCUT2D eigenvalue weighted by Gasteiger charge is -2.50. The lowest BCUT2D eigenvalue weighted by molar-refractivity contribution is -0.0927. The first-order chi connectivity index (χ1) is 7.83. The highest BCUT2D eigenvalue weighted by molar-refractivity contribution is 5.17. The van der Waals surface area contributed by atoms with E-state index in [0.717, 1.165) is 24.8 Å². The molecule has 0 aliphatic heterocycles. The summed E-state index contributed by atoms with van der Waals surface area (Å²) in [5.41, 5.74) is 0.489. The number of fused-ring (bicyclic) bond motifs is 1. The third-order valence-corrected chi connectivity index (χ3v) is 5.06. The molecule has 0 heterocycles. The average molecular weight is 238 g/mol. The molecule has 2 rings (SSSR count). The zero-order chi connectivity index (χ0) is 12.8. The van der Waals surface area contributed by atoms with Crippen molar-refractivity contribution >= 4 is 0 Å². The first-order valence-electron chi connectivity index (χ1n) is 6.91. The van der Waals surface area contributed by atoms with E-state index in [1.165, 1.54) is 0 Å². The smallest absolute Gasteiger partial charge is 0.0751 e. The largest absolute Gasteiger partial charge is 0.390 e. The zero-order valence-electron chi connectivity index (χ0n) is 11.5. The van der Waals surface area contributed by atoms with Crippen molar-refractivity contribution in [3.05, 3.63) is 11.6 Å². The summed E-state index contributed by atoms with van der Waals surface area (Å²) in [6.45, 7) is 8.51. The molecule has 1 saturated carbocycles. The lowest BCUT2D eigenvalue weighted by atomic mass is 9.58. The van der Waals surface area contributed by atoms with Gasteiger partial charge in [-0.25, -0.2) is 0 Å².